The second kappa shape index (κ2) is 8.34. The van der Waals surface area contributed by atoms with E-state index in [1.807, 2.05) is 6.07 Å². The third-order valence-corrected chi connectivity index (χ3v) is 7.12. The first-order valence-corrected chi connectivity index (χ1v) is 10.4. The number of carbonyl (C=O) groups is 1. The Labute approximate surface area is 174 Å². The van der Waals surface area contributed by atoms with Gasteiger partial charge in [-0.1, -0.05) is 39.0 Å². The van der Waals surface area contributed by atoms with E-state index in [1.54, 1.807) is 0 Å². The van der Waals surface area contributed by atoms with Crippen LogP contribution in [0.5, 0.6) is 0 Å². The second-order valence-corrected chi connectivity index (χ2v) is 9.07. The Morgan fingerprint density at radius 1 is 1.41 bits per heavy atom. The van der Waals surface area contributed by atoms with Gasteiger partial charge in [-0.3, -0.25) is 14.9 Å². The Bertz CT molecular complexity index is 1010. The minimum Gasteiger partial charge on any atom is -0.298 e. The van der Waals surface area contributed by atoms with Crippen molar-refractivity contribution in [1.29, 1.82) is 5.26 Å². The maximum Gasteiger partial charge on any atom is 0.270 e. The molecule has 6 nitrogen and oxygen atoms in total. The van der Waals surface area contributed by atoms with Crippen LogP contribution in [0.3, 0.4) is 0 Å². The monoisotopic (exact) mass is 409 g/mol. The van der Waals surface area contributed by atoms with Crippen LogP contribution in [0, 0.1) is 32.8 Å². The van der Waals surface area contributed by atoms with E-state index in [0.29, 0.717) is 27.7 Å². The number of rotatable bonds is 6. The minimum atomic E-state index is -0.534. The van der Waals surface area contributed by atoms with Crippen LogP contribution in [0.15, 0.2) is 34.2 Å². The largest absolute Gasteiger partial charge is 0.298 e. The molecule has 7 heteroatoms. The number of benzene rings is 1. The molecule has 0 spiro atoms. The standard InChI is InChI=1S/C22H23N3O3S/c1-4-22(2,3)17-5-7-19-14(10-17)9-15(12-23)21(24-19)29-20-8-6-18(25(27)28)11-16(20)13-26/h6,8-9,11,13,17H,4-5,7,10H2,1-3H3. The summed E-state index contributed by atoms with van der Waals surface area (Å²) >= 11 is 1.21. The molecule has 3 rings (SSSR count). The molecule has 1 aliphatic rings. The van der Waals surface area contributed by atoms with Gasteiger partial charge < -0.3 is 0 Å². The zero-order chi connectivity index (χ0) is 21.2. The molecule has 0 fully saturated rings. The molecule has 0 aliphatic heterocycles. The van der Waals surface area contributed by atoms with Gasteiger partial charge in [0.15, 0.2) is 6.29 Å². The molecule has 0 radical (unpaired) electrons. The van der Waals surface area contributed by atoms with Crippen molar-refractivity contribution in [2.45, 2.75) is 56.4 Å². The van der Waals surface area contributed by atoms with E-state index in [1.165, 1.54) is 30.0 Å². The number of nitro benzene ring substituents is 1. The van der Waals surface area contributed by atoms with Crippen LogP contribution in [-0.2, 0) is 12.8 Å². The van der Waals surface area contributed by atoms with Crippen molar-refractivity contribution >= 4 is 23.7 Å². The molecular weight excluding hydrogens is 386 g/mol. The fraction of sp³-hybridized carbons (Fsp3) is 0.409. The number of aryl methyl sites for hydroxylation is 1. The first kappa shape index (κ1) is 21.0. The average molecular weight is 410 g/mol. The first-order chi connectivity index (χ1) is 13.8. The van der Waals surface area contributed by atoms with Gasteiger partial charge in [0.05, 0.1) is 10.5 Å². The Hall–Kier alpha value is -2.72. The van der Waals surface area contributed by atoms with Crippen LogP contribution in [-0.4, -0.2) is 16.2 Å². The highest BCUT2D eigenvalue weighted by Gasteiger charge is 2.32. The Morgan fingerprint density at radius 2 is 2.17 bits per heavy atom. The molecule has 29 heavy (non-hydrogen) atoms. The number of aldehydes is 1. The summed E-state index contributed by atoms with van der Waals surface area (Å²) < 4.78 is 0. The number of carbonyl (C=O) groups excluding carboxylic acids is 1. The van der Waals surface area contributed by atoms with Gasteiger partial charge in [-0.2, -0.15) is 5.26 Å². The van der Waals surface area contributed by atoms with E-state index in [9.17, 15) is 20.2 Å². The van der Waals surface area contributed by atoms with Gasteiger partial charge in [0.1, 0.15) is 11.1 Å². The summed E-state index contributed by atoms with van der Waals surface area (Å²) in [5.41, 5.74) is 2.93. The molecule has 1 unspecified atom stereocenters. The smallest absolute Gasteiger partial charge is 0.270 e. The van der Waals surface area contributed by atoms with Crippen LogP contribution in [0.25, 0.3) is 0 Å². The first-order valence-electron chi connectivity index (χ1n) is 9.63. The summed E-state index contributed by atoms with van der Waals surface area (Å²) in [4.78, 5) is 27.1. The molecule has 0 saturated carbocycles. The summed E-state index contributed by atoms with van der Waals surface area (Å²) in [6, 6.07) is 8.29. The fourth-order valence-corrected chi connectivity index (χ4v) is 4.64. The van der Waals surface area contributed by atoms with E-state index < -0.39 is 4.92 Å². The van der Waals surface area contributed by atoms with Gasteiger partial charge in [0, 0.05) is 28.3 Å². The number of non-ortho nitro benzene ring substituents is 1. The summed E-state index contributed by atoms with van der Waals surface area (Å²) in [5.74, 6) is 0.559. The molecule has 1 heterocycles. The predicted molar refractivity (Wildman–Crippen MR) is 111 cm³/mol. The van der Waals surface area contributed by atoms with Crippen LogP contribution in [0.1, 0.15) is 60.8 Å². The van der Waals surface area contributed by atoms with E-state index in [4.69, 9.17) is 4.98 Å². The highest BCUT2D eigenvalue weighted by atomic mass is 32.2. The molecule has 0 bridgehead atoms. The Kier molecular flexibility index (Phi) is 6.04. The number of pyridine rings is 1. The molecule has 0 saturated heterocycles. The average Bonchev–Trinajstić information content (AvgIpc) is 2.72. The van der Waals surface area contributed by atoms with Gasteiger partial charge >= 0.3 is 0 Å². The molecule has 1 aliphatic carbocycles. The minimum absolute atomic E-state index is 0.139. The lowest BCUT2D eigenvalue weighted by Gasteiger charge is -2.37. The van der Waals surface area contributed by atoms with Crippen LogP contribution in [0.4, 0.5) is 5.69 Å². The Morgan fingerprint density at radius 3 is 2.79 bits per heavy atom. The van der Waals surface area contributed by atoms with E-state index in [2.05, 4.69) is 26.8 Å². The van der Waals surface area contributed by atoms with Crippen molar-refractivity contribution in [3.05, 3.63) is 56.8 Å². The molecule has 0 N–H and O–H groups in total. The molecule has 1 aromatic carbocycles. The molecule has 1 atom stereocenters. The van der Waals surface area contributed by atoms with E-state index in [-0.39, 0.29) is 16.7 Å². The fourth-order valence-electron chi connectivity index (χ4n) is 3.70. The van der Waals surface area contributed by atoms with Crippen molar-refractivity contribution < 1.29 is 9.72 Å². The second-order valence-electron chi connectivity index (χ2n) is 8.04. The van der Waals surface area contributed by atoms with E-state index >= 15 is 0 Å². The number of nitrogens with zero attached hydrogens (tertiary/aromatic N) is 3. The topological polar surface area (TPSA) is 96.9 Å². The van der Waals surface area contributed by atoms with E-state index in [0.717, 1.165) is 36.9 Å². The van der Waals surface area contributed by atoms with Crippen molar-refractivity contribution in [3.8, 4) is 6.07 Å². The van der Waals surface area contributed by atoms with Gasteiger partial charge in [0.2, 0.25) is 0 Å². The highest BCUT2D eigenvalue weighted by Crippen LogP contribution is 2.41. The summed E-state index contributed by atoms with van der Waals surface area (Å²) in [7, 11) is 0. The summed E-state index contributed by atoms with van der Waals surface area (Å²) in [6.07, 6.45) is 4.54. The van der Waals surface area contributed by atoms with Crippen molar-refractivity contribution in [1.82, 2.24) is 4.98 Å². The zero-order valence-corrected chi connectivity index (χ0v) is 17.6. The molecule has 0 amide bonds. The number of aromatic nitrogens is 1. The van der Waals surface area contributed by atoms with Crippen molar-refractivity contribution in [3.63, 3.8) is 0 Å². The zero-order valence-electron chi connectivity index (χ0n) is 16.8. The van der Waals surface area contributed by atoms with Gasteiger partial charge in [-0.05, 0) is 48.3 Å². The number of hydrogen-bond donors (Lipinski definition) is 0. The molecular formula is C22H23N3O3S. The van der Waals surface area contributed by atoms with Crippen LogP contribution >= 0.6 is 11.8 Å². The lowest BCUT2D eigenvalue weighted by atomic mass is 9.69. The molecule has 150 valence electrons. The third-order valence-electron chi connectivity index (χ3n) is 6.03. The summed E-state index contributed by atoms with van der Waals surface area (Å²) in [5, 5.41) is 21.1. The van der Waals surface area contributed by atoms with Crippen LogP contribution < -0.4 is 0 Å². The normalized spacial score (nSPS) is 16.0. The quantitative estimate of drug-likeness (QED) is 0.362. The lowest BCUT2D eigenvalue weighted by molar-refractivity contribution is -0.384. The van der Waals surface area contributed by atoms with Crippen LogP contribution in [0.2, 0.25) is 0 Å². The van der Waals surface area contributed by atoms with Gasteiger partial charge in [-0.25, -0.2) is 4.98 Å². The van der Waals surface area contributed by atoms with Crippen molar-refractivity contribution in [2.24, 2.45) is 11.3 Å². The number of nitriles is 1. The van der Waals surface area contributed by atoms with Crippen molar-refractivity contribution in [2.75, 3.05) is 0 Å². The van der Waals surface area contributed by atoms with Gasteiger partial charge in [0.25, 0.3) is 5.69 Å². The number of hydrogen-bond acceptors (Lipinski definition) is 6. The summed E-state index contributed by atoms with van der Waals surface area (Å²) in [6.45, 7) is 6.80. The SMILES string of the molecule is CCC(C)(C)C1CCc2nc(Sc3ccc([N+](=O)[O-])cc3C=O)c(C#N)cc2C1. The van der Waals surface area contributed by atoms with Gasteiger partial charge in [-0.15, -0.1) is 0 Å². The maximum atomic E-state index is 11.4. The number of nitro groups is 1. The molecule has 1 aromatic heterocycles. The maximum absolute atomic E-state index is 11.4. The third kappa shape index (κ3) is 4.33. The Balaban J connectivity index is 1.94. The lowest BCUT2D eigenvalue weighted by Crippen LogP contribution is -2.29. The number of fused-ring (bicyclic) bond motifs is 1. The highest BCUT2D eigenvalue weighted by molar-refractivity contribution is 7.99. The molecule has 2 aromatic rings. The predicted octanol–water partition coefficient (Wildman–Crippen LogP) is 5.37.